The Morgan fingerprint density at radius 1 is 1.05 bits per heavy atom. The van der Waals surface area contributed by atoms with Crippen molar-refractivity contribution >= 4 is 11.9 Å². The number of carbonyl (C=O) groups excluding carboxylic acids is 1. The molecule has 2 atom stereocenters. The standard InChI is InChI=1S/C17H31NO4/c1-2-3-4-5-6-7-8-9-10-11-16(19)22-14-12-15(17(20)21)18-13-14/h14-15,18H,2-13H2,1H3,(H,20,21). The lowest BCUT2D eigenvalue weighted by molar-refractivity contribution is -0.149. The highest BCUT2D eigenvalue weighted by Crippen LogP contribution is 2.14. The van der Waals surface area contributed by atoms with Crippen molar-refractivity contribution in [3.63, 3.8) is 0 Å². The molecule has 1 rings (SSSR count). The molecule has 1 fully saturated rings. The van der Waals surface area contributed by atoms with Gasteiger partial charge in [-0.2, -0.15) is 0 Å². The third-order valence-corrected chi connectivity index (χ3v) is 4.17. The minimum Gasteiger partial charge on any atom is -0.480 e. The molecule has 0 aromatic carbocycles. The van der Waals surface area contributed by atoms with Gasteiger partial charge >= 0.3 is 11.9 Å². The summed E-state index contributed by atoms with van der Waals surface area (Å²) in [6.45, 7) is 2.67. The normalized spacial score (nSPS) is 21.0. The molecule has 1 aliphatic heterocycles. The van der Waals surface area contributed by atoms with Gasteiger partial charge in [-0.05, 0) is 6.42 Å². The lowest BCUT2D eigenvalue weighted by atomic mass is 10.1. The summed E-state index contributed by atoms with van der Waals surface area (Å²) >= 11 is 0. The molecule has 0 aromatic heterocycles. The Morgan fingerprint density at radius 3 is 2.18 bits per heavy atom. The van der Waals surface area contributed by atoms with Crippen LogP contribution in [0.15, 0.2) is 0 Å². The predicted octanol–water partition coefficient (Wildman–Crippen LogP) is 3.27. The van der Waals surface area contributed by atoms with E-state index in [4.69, 9.17) is 9.84 Å². The van der Waals surface area contributed by atoms with Crippen molar-refractivity contribution in [2.24, 2.45) is 0 Å². The largest absolute Gasteiger partial charge is 0.480 e. The molecule has 0 radical (unpaired) electrons. The summed E-state index contributed by atoms with van der Waals surface area (Å²) in [7, 11) is 0. The lowest BCUT2D eigenvalue weighted by Gasteiger charge is -2.10. The van der Waals surface area contributed by atoms with Crippen LogP contribution < -0.4 is 5.32 Å². The maximum atomic E-state index is 11.7. The number of carboxylic acid groups (broad SMARTS) is 1. The zero-order chi connectivity index (χ0) is 16.2. The second kappa shape index (κ2) is 11.5. The van der Waals surface area contributed by atoms with Crippen molar-refractivity contribution in [1.29, 1.82) is 0 Å². The smallest absolute Gasteiger partial charge is 0.320 e. The average molecular weight is 313 g/mol. The maximum Gasteiger partial charge on any atom is 0.320 e. The van der Waals surface area contributed by atoms with Crippen LogP contribution in [-0.4, -0.2) is 35.7 Å². The van der Waals surface area contributed by atoms with Crippen molar-refractivity contribution in [2.75, 3.05) is 6.54 Å². The van der Waals surface area contributed by atoms with Gasteiger partial charge in [0.25, 0.3) is 0 Å². The van der Waals surface area contributed by atoms with Crippen molar-refractivity contribution in [3.8, 4) is 0 Å². The van der Waals surface area contributed by atoms with Crippen molar-refractivity contribution < 1.29 is 19.4 Å². The van der Waals surface area contributed by atoms with E-state index in [9.17, 15) is 9.59 Å². The zero-order valence-electron chi connectivity index (χ0n) is 13.8. The number of hydrogen-bond donors (Lipinski definition) is 2. The van der Waals surface area contributed by atoms with Gasteiger partial charge in [-0.3, -0.25) is 9.59 Å². The summed E-state index contributed by atoms with van der Waals surface area (Å²) in [5, 5.41) is 11.7. The predicted molar refractivity (Wildman–Crippen MR) is 85.8 cm³/mol. The Balaban J connectivity index is 1.93. The first-order chi connectivity index (χ1) is 10.6. The molecule has 0 bridgehead atoms. The molecule has 0 aliphatic carbocycles. The maximum absolute atomic E-state index is 11.7. The van der Waals surface area contributed by atoms with Gasteiger partial charge in [0.2, 0.25) is 0 Å². The van der Waals surface area contributed by atoms with Crippen LogP contribution >= 0.6 is 0 Å². The van der Waals surface area contributed by atoms with E-state index < -0.39 is 12.0 Å². The van der Waals surface area contributed by atoms with E-state index in [1.807, 2.05) is 0 Å². The van der Waals surface area contributed by atoms with Gasteiger partial charge < -0.3 is 15.2 Å². The highest BCUT2D eigenvalue weighted by Gasteiger charge is 2.31. The Hall–Kier alpha value is -1.10. The molecule has 0 amide bonds. The highest BCUT2D eigenvalue weighted by molar-refractivity contribution is 5.74. The topological polar surface area (TPSA) is 75.6 Å². The number of nitrogens with one attached hydrogen (secondary N) is 1. The van der Waals surface area contributed by atoms with Gasteiger partial charge in [-0.15, -0.1) is 0 Å². The summed E-state index contributed by atoms with van der Waals surface area (Å²) in [5.41, 5.74) is 0. The van der Waals surface area contributed by atoms with Crippen LogP contribution in [0.4, 0.5) is 0 Å². The third kappa shape index (κ3) is 8.37. The van der Waals surface area contributed by atoms with E-state index in [1.165, 1.54) is 44.9 Å². The van der Waals surface area contributed by atoms with Gasteiger partial charge in [0.15, 0.2) is 0 Å². The molecule has 5 nitrogen and oxygen atoms in total. The van der Waals surface area contributed by atoms with Gasteiger partial charge in [0, 0.05) is 19.4 Å². The van der Waals surface area contributed by atoms with Crippen LogP contribution in [0.2, 0.25) is 0 Å². The second-order valence-corrected chi connectivity index (χ2v) is 6.23. The van der Waals surface area contributed by atoms with Gasteiger partial charge in [0.1, 0.15) is 12.1 Å². The highest BCUT2D eigenvalue weighted by atomic mass is 16.5. The monoisotopic (exact) mass is 313 g/mol. The molecule has 22 heavy (non-hydrogen) atoms. The summed E-state index contributed by atoms with van der Waals surface area (Å²) in [4.78, 5) is 22.5. The van der Waals surface area contributed by atoms with Crippen LogP contribution in [0.3, 0.4) is 0 Å². The number of carboxylic acids is 1. The zero-order valence-corrected chi connectivity index (χ0v) is 13.8. The van der Waals surface area contributed by atoms with E-state index in [2.05, 4.69) is 12.2 Å². The number of esters is 1. The van der Waals surface area contributed by atoms with Crippen molar-refractivity contribution in [1.82, 2.24) is 5.32 Å². The van der Waals surface area contributed by atoms with E-state index >= 15 is 0 Å². The van der Waals surface area contributed by atoms with Crippen molar-refractivity contribution in [3.05, 3.63) is 0 Å². The Morgan fingerprint density at radius 2 is 1.64 bits per heavy atom. The van der Waals surface area contributed by atoms with Crippen LogP contribution in [-0.2, 0) is 14.3 Å². The van der Waals surface area contributed by atoms with Crippen LogP contribution in [0.5, 0.6) is 0 Å². The average Bonchev–Trinajstić information content (AvgIpc) is 2.94. The minimum absolute atomic E-state index is 0.194. The first-order valence-corrected chi connectivity index (χ1v) is 8.79. The molecule has 1 aliphatic rings. The van der Waals surface area contributed by atoms with Crippen LogP contribution in [0, 0.1) is 0 Å². The molecule has 2 unspecified atom stereocenters. The second-order valence-electron chi connectivity index (χ2n) is 6.23. The van der Waals surface area contributed by atoms with Gasteiger partial charge in [-0.25, -0.2) is 0 Å². The number of unbranched alkanes of at least 4 members (excludes halogenated alkanes) is 8. The molecular weight excluding hydrogens is 282 g/mol. The van der Waals surface area contributed by atoms with E-state index in [0.29, 0.717) is 19.4 Å². The van der Waals surface area contributed by atoms with E-state index in [-0.39, 0.29) is 12.1 Å². The molecule has 0 spiro atoms. The Labute approximate surface area is 133 Å². The Bertz CT molecular complexity index is 333. The molecule has 2 N–H and O–H groups in total. The summed E-state index contributed by atoms with van der Waals surface area (Å²) in [5.74, 6) is -1.07. The lowest BCUT2D eigenvalue weighted by Crippen LogP contribution is -2.30. The molecule has 1 heterocycles. The quantitative estimate of drug-likeness (QED) is 0.427. The van der Waals surface area contributed by atoms with Crippen LogP contribution in [0.25, 0.3) is 0 Å². The number of rotatable bonds is 12. The van der Waals surface area contributed by atoms with Crippen LogP contribution in [0.1, 0.15) is 77.6 Å². The minimum atomic E-state index is -0.877. The fraction of sp³-hybridized carbons (Fsp3) is 0.882. The molecule has 128 valence electrons. The summed E-state index contributed by atoms with van der Waals surface area (Å²) in [6.07, 6.45) is 11.5. The number of aliphatic carboxylic acids is 1. The van der Waals surface area contributed by atoms with Gasteiger partial charge in [-0.1, -0.05) is 58.3 Å². The number of carbonyl (C=O) groups is 2. The molecule has 5 heteroatoms. The summed E-state index contributed by atoms with van der Waals surface area (Å²) in [6, 6.07) is -0.578. The van der Waals surface area contributed by atoms with Gasteiger partial charge in [0.05, 0.1) is 0 Å². The Kier molecular flexibility index (Phi) is 9.87. The fourth-order valence-electron chi connectivity index (χ4n) is 2.81. The molecule has 0 aromatic rings. The first kappa shape index (κ1) is 18.9. The molecular formula is C17H31NO4. The molecule has 0 saturated carbocycles. The summed E-state index contributed by atoms with van der Waals surface area (Å²) < 4.78 is 5.30. The van der Waals surface area contributed by atoms with Crippen molar-refractivity contribution in [2.45, 2.75) is 89.7 Å². The molecule has 1 saturated heterocycles. The number of ether oxygens (including phenoxy) is 1. The van der Waals surface area contributed by atoms with E-state index in [1.54, 1.807) is 0 Å². The van der Waals surface area contributed by atoms with E-state index in [0.717, 1.165) is 12.8 Å². The number of hydrogen-bond acceptors (Lipinski definition) is 4. The first-order valence-electron chi connectivity index (χ1n) is 8.79. The SMILES string of the molecule is CCCCCCCCCCCC(=O)OC1CNC(C(=O)O)C1. The fourth-order valence-corrected chi connectivity index (χ4v) is 2.81. The third-order valence-electron chi connectivity index (χ3n) is 4.17.